The normalized spacial score (nSPS) is 15.4. The zero-order chi connectivity index (χ0) is 48.2. The van der Waals surface area contributed by atoms with Crippen molar-refractivity contribution in [2.24, 2.45) is 0 Å². The molecular weight excluding hydrogens is 909 g/mol. The van der Waals surface area contributed by atoms with E-state index in [9.17, 15) is 48.6 Å². The van der Waals surface area contributed by atoms with Crippen molar-refractivity contribution in [3.63, 3.8) is 0 Å². The van der Waals surface area contributed by atoms with E-state index in [0.29, 0.717) is 60.6 Å². The van der Waals surface area contributed by atoms with Gasteiger partial charge in [-0.15, -0.1) is 0 Å². The van der Waals surface area contributed by atoms with Gasteiger partial charge in [0.05, 0.1) is 36.1 Å². The van der Waals surface area contributed by atoms with Gasteiger partial charge in [-0.05, 0) is 61.4 Å². The number of nitrogens with zero attached hydrogens (tertiary/aromatic N) is 4. The number of aliphatic carboxylic acids is 4. The number of carboxylic acid groups (broad SMARTS) is 4. The maximum atomic E-state index is 12.3. The van der Waals surface area contributed by atoms with Crippen molar-refractivity contribution >= 4 is 120 Å². The fourth-order valence-electron chi connectivity index (χ4n) is 6.82. The Morgan fingerprint density at radius 2 is 1.01 bits per heavy atom. The van der Waals surface area contributed by atoms with Gasteiger partial charge in [0.2, 0.25) is 11.9 Å². The Kier molecular flexibility index (Phi) is 18.5. The molecule has 2 aliphatic heterocycles. The summed E-state index contributed by atoms with van der Waals surface area (Å²) in [6.45, 7) is 1.99. The maximum absolute atomic E-state index is 12.3. The second-order valence-corrected chi connectivity index (χ2v) is 15.1. The van der Waals surface area contributed by atoms with Crippen LogP contribution in [0.25, 0.3) is 0 Å². The smallest absolute Gasteiger partial charge is 0.548 e. The number of hydrogen-bond donors (Lipinski definition) is 12. The number of hydrogen-bond acceptors (Lipinski definition) is 20. The van der Waals surface area contributed by atoms with Crippen LogP contribution in [-0.2, 0) is 19.2 Å². The van der Waals surface area contributed by atoms with Crippen molar-refractivity contribution in [1.82, 2.24) is 30.6 Å². The number of nitrogen functional groups attached to an aromatic ring is 2. The molecule has 2 aromatic heterocycles. The molecule has 0 unspecified atom stereocenters. The first-order valence-corrected chi connectivity index (χ1v) is 20.2. The van der Waals surface area contributed by atoms with Crippen LogP contribution in [0.3, 0.4) is 0 Å². The average Bonchev–Trinajstić information content (AvgIpc) is 3.25. The fraction of sp³-hybridized carbons (Fsp3) is 0.350. The van der Waals surface area contributed by atoms with Crippen LogP contribution in [0.5, 0.6) is 0 Å². The summed E-state index contributed by atoms with van der Waals surface area (Å²) in [5, 5.41) is 56.8. The van der Waals surface area contributed by atoms with Crippen LogP contribution < -0.4 is 74.5 Å². The van der Waals surface area contributed by atoms with Gasteiger partial charge in [0, 0.05) is 75.6 Å². The number of likely N-dealkylation sites (N-methyl/N-ethyl adjacent to an activating group) is 2. The Labute approximate surface area is 410 Å². The Hall–Kier alpha value is -7.32. The Morgan fingerprint density at radius 1 is 0.672 bits per heavy atom. The first kappa shape index (κ1) is 52.3. The third-order valence-electron chi connectivity index (χ3n) is 10.5. The molecule has 4 aromatic rings. The Bertz CT molecular complexity index is 2380. The Morgan fingerprint density at radius 3 is 1.33 bits per heavy atom. The molecule has 0 fully saturated rings. The number of amides is 2. The second-order valence-electron chi connectivity index (χ2n) is 15.1. The third kappa shape index (κ3) is 14.3. The van der Waals surface area contributed by atoms with Gasteiger partial charge in [-0.25, -0.2) is 0 Å². The second kappa shape index (κ2) is 23.7. The summed E-state index contributed by atoms with van der Waals surface area (Å²) < 4.78 is 0. The van der Waals surface area contributed by atoms with E-state index in [2.05, 4.69) is 51.8 Å². The molecule has 0 bridgehead atoms. The van der Waals surface area contributed by atoms with Gasteiger partial charge in [0.15, 0.2) is 11.6 Å². The SMILES string of the molecule is CN1c2c(nc(N)[nH]c2=O)NC[C@H]1CNc1ccc(C(=O)N[C@@H](CCC(=O)O)C(=O)[O-])cc1.CN1c2c(nc(N)[nH]c2=O)NC[C@H]1CNc1ccc(C(=O)N[C@@H](CCC(=O)O)C(=O)[O-])cc1.[Ca+2]. The molecule has 0 radical (unpaired) electrons. The van der Waals surface area contributed by atoms with Crippen molar-refractivity contribution in [3.8, 4) is 0 Å². The average molecular weight is 957 g/mol. The number of nitrogens with one attached hydrogen (secondary N) is 8. The van der Waals surface area contributed by atoms with Gasteiger partial charge in [0.25, 0.3) is 22.9 Å². The number of benzene rings is 2. The van der Waals surface area contributed by atoms with Crippen LogP contribution in [0.4, 0.5) is 46.3 Å². The van der Waals surface area contributed by atoms with Crippen molar-refractivity contribution in [2.75, 3.05) is 82.8 Å². The number of anilines is 8. The van der Waals surface area contributed by atoms with E-state index in [1.807, 2.05) is 9.80 Å². The first-order valence-electron chi connectivity index (χ1n) is 20.2. The molecule has 0 aliphatic carbocycles. The van der Waals surface area contributed by atoms with E-state index in [1.165, 1.54) is 24.3 Å². The third-order valence-corrected chi connectivity index (χ3v) is 10.5. The number of aromatic amines is 2. The predicted octanol–water partition coefficient (Wildman–Crippen LogP) is -3.57. The standard InChI is InChI=1S/2C20H25N7O6.Ca/c2*1-27-12(9-23-16-15(27)18(31)26-20(21)25-16)8-22-11-4-2-10(3-5-11)17(30)24-13(19(32)33)6-7-14(28)29;/h2*2-5,12-13,22H,6-9H2,1H3,(H,24,30)(H,28,29)(H,32,33)(H4,21,23,25,26,31);/q;;+2/p-2/t2*12-,13+;/m11./s1. The van der Waals surface area contributed by atoms with Gasteiger partial charge in [-0.1, -0.05) is 0 Å². The molecule has 2 aromatic carbocycles. The van der Waals surface area contributed by atoms with Crippen LogP contribution in [-0.4, -0.2) is 168 Å². The molecule has 2 aliphatic rings. The molecule has 352 valence electrons. The van der Waals surface area contributed by atoms with E-state index < -0.39 is 60.6 Å². The molecule has 4 heterocycles. The van der Waals surface area contributed by atoms with E-state index in [1.54, 1.807) is 38.4 Å². The molecular formula is C40H48CaN14O12. The largest absolute Gasteiger partial charge is 2.00 e. The van der Waals surface area contributed by atoms with Crippen molar-refractivity contribution in [2.45, 2.75) is 49.9 Å². The predicted molar refractivity (Wildman–Crippen MR) is 242 cm³/mol. The molecule has 0 saturated heterocycles. The molecule has 67 heavy (non-hydrogen) atoms. The summed E-state index contributed by atoms with van der Waals surface area (Å²) in [6, 6.07) is 9.68. The van der Waals surface area contributed by atoms with Crippen LogP contribution in [0.15, 0.2) is 58.1 Å². The minimum Gasteiger partial charge on any atom is -0.548 e. The summed E-state index contributed by atoms with van der Waals surface area (Å²) >= 11 is 0. The molecule has 6 rings (SSSR count). The van der Waals surface area contributed by atoms with Crippen LogP contribution in [0, 0.1) is 0 Å². The van der Waals surface area contributed by atoms with Crippen LogP contribution in [0.2, 0.25) is 0 Å². The number of carboxylic acids is 4. The molecule has 0 spiro atoms. The van der Waals surface area contributed by atoms with E-state index in [4.69, 9.17) is 21.7 Å². The number of nitrogens with two attached hydrogens (primary N) is 2. The number of rotatable bonds is 18. The number of carbonyl (C=O) groups excluding carboxylic acids is 4. The van der Waals surface area contributed by atoms with Crippen molar-refractivity contribution < 1.29 is 49.2 Å². The minimum atomic E-state index is -1.55. The van der Waals surface area contributed by atoms with Crippen molar-refractivity contribution in [1.29, 1.82) is 0 Å². The van der Waals surface area contributed by atoms with Gasteiger partial charge in [-0.3, -0.25) is 38.7 Å². The zero-order valence-corrected chi connectivity index (χ0v) is 38.4. The number of fused-ring (bicyclic) bond motifs is 2. The van der Waals surface area contributed by atoms with Gasteiger partial charge < -0.3 is 83.2 Å². The number of carbonyl (C=O) groups is 6. The summed E-state index contributed by atoms with van der Waals surface area (Å²) in [4.78, 5) is 109. The van der Waals surface area contributed by atoms with Crippen LogP contribution >= 0.6 is 0 Å². The summed E-state index contributed by atoms with van der Waals surface area (Å²) in [7, 11) is 3.56. The van der Waals surface area contributed by atoms with E-state index in [-0.39, 0.29) is 96.8 Å². The summed E-state index contributed by atoms with van der Waals surface area (Å²) in [6.07, 6.45) is -1.38. The first-order chi connectivity index (χ1) is 31.3. The quantitative estimate of drug-likeness (QED) is 0.0429. The van der Waals surface area contributed by atoms with Crippen LogP contribution in [0.1, 0.15) is 46.4 Å². The monoisotopic (exact) mass is 956 g/mol. The molecule has 2 amide bonds. The number of H-pyrrole nitrogens is 2. The molecule has 0 saturated carbocycles. The van der Waals surface area contributed by atoms with Gasteiger partial charge in [-0.2, -0.15) is 9.97 Å². The molecule has 14 N–H and O–H groups in total. The summed E-state index contributed by atoms with van der Waals surface area (Å²) in [5.74, 6) is -5.83. The van der Waals surface area contributed by atoms with Gasteiger partial charge >= 0.3 is 49.7 Å². The molecule has 27 heteroatoms. The molecule has 26 nitrogen and oxygen atoms in total. The van der Waals surface area contributed by atoms with Crippen molar-refractivity contribution in [3.05, 3.63) is 80.4 Å². The van der Waals surface area contributed by atoms with E-state index >= 15 is 0 Å². The Balaban J connectivity index is 0.000000288. The maximum Gasteiger partial charge on any atom is 2.00 e. The zero-order valence-electron chi connectivity index (χ0n) is 36.2. The fourth-order valence-corrected chi connectivity index (χ4v) is 6.82. The molecule has 4 atom stereocenters. The van der Waals surface area contributed by atoms with E-state index in [0.717, 1.165) is 0 Å². The topological polar surface area (TPSA) is 411 Å². The number of aromatic nitrogens is 4. The minimum absolute atomic E-state index is 0. The van der Waals surface area contributed by atoms with Gasteiger partial charge in [0.1, 0.15) is 11.4 Å². The summed E-state index contributed by atoms with van der Waals surface area (Å²) in [5.41, 5.74) is 13.1.